The average Bonchev–Trinajstić information content (AvgIpc) is 2.57. The fourth-order valence-electron chi connectivity index (χ4n) is 4.20. The highest BCUT2D eigenvalue weighted by atomic mass is 35.5. The molecule has 2 nitrogen and oxygen atoms in total. The molecule has 4 rings (SSSR count). The van der Waals surface area contributed by atoms with Crippen LogP contribution in [0.15, 0.2) is 48.5 Å². The summed E-state index contributed by atoms with van der Waals surface area (Å²) in [5.41, 5.74) is 2.27. The fourth-order valence-corrected chi connectivity index (χ4v) is 4.45. The molecule has 1 N–H and O–H groups in total. The lowest BCUT2D eigenvalue weighted by atomic mass is 9.67. The van der Waals surface area contributed by atoms with Crippen LogP contribution in [0.1, 0.15) is 42.5 Å². The molecule has 0 amide bonds. The first-order chi connectivity index (χ1) is 11.6. The van der Waals surface area contributed by atoms with E-state index in [-0.39, 0.29) is 23.9 Å². The van der Waals surface area contributed by atoms with E-state index in [0.717, 1.165) is 40.4 Å². The lowest BCUT2D eigenvalue weighted by molar-refractivity contribution is -0.135. The Balaban J connectivity index is 1.71. The van der Waals surface area contributed by atoms with Crippen LogP contribution in [0, 0.1) is 11.8 Å². The lowest BCUT2D eigenvalue weighted by Gasteiger charge is -2.45. The summed E-state index contributed by atoms with van der Waals surface area (Å²) in [5.74, 6) is 0.529. The molecule has 2 aromatic carbocycles. The quantitative estimate of drug-likeness (QED) is 0.781. The Morgan fingerprint density at radius 1 is 0.750 bits per heavy atom. The number of fused-ring (bicyclic) bond motifs is 2. The molecular formula is C20H19Cl2NO. The molecule has 4 atom stereocenters. The second kappa shape index (κ2) is 6.51. The minimum absolute atomic E-state index is 0.0481. The zero-order chi connectivity index (χ0) is 16.7. The van der Waals surface area contributed by atoms with Gasteiger partial charge < -0.3 is 5.32 Å². The van der Waals surface area contributed by atoms with Crippen LogP contribution < -0.4 is 5.32 Å². The number of rotatable bonds is 2. The Bertz CT molecular complexity index is 680. The van der Waals surface area contributed by atoms with E-state index < -0.39 is 0 Å². The fraction of sp³-hybridized carbons (Fsp3) is 0.350. The van der Waals surface area contributed by atoms with Crippen molar-refractivity contribution >= 4 is 29.0 Å². The van der Waals surface area contributed by atoms with Gasteiger partial charge in [0, 0.05) is 34.0 Å². The molecule has 1 heterocycles. The molecule has 1 saturated carbocycles. The van der Waals surface area contributed by atoms with Crippen LogP contribution in [0.2, 0.25) is 10.0 Å². The number of Topliss-reactive ketones (excluding diaryl/α,β-unsaturated/α-hetero) is 1. The zero-order valence-electron chi connectivity index (χ0n) is 13.2. The molecule has 124 valence electrons. The normalized spacial score (nSPS) is 29.5. The minimum atomic E-state index is 0.0481. The van der Waals surface area contributed by atoms with Gasteiger partial charge in [-0.3, -0.25) is 4.79 Å². The molecule has 2 aromatic rings. The summed E-state index contributed by atoms with van der Waals surface area (Å²) in [4.78, 5) is 13.0. The molecule has 0 unspecified atom stereocenters. The standard InChI is InChI=1S/C20H19Cl2NO/c21-14-8-4-12(5-9-14)18-16-2-1-3-17(20(16)24)19(23-18)13-6-10-15(22)11-7-13/h4-11,16-19,23H,1-3H2/t16-,17-,18-,19+/m0/s1. The summed E-state index contributed by atoms with van der Waals surface area (Å²) in [5, 5.41) is 5.19. The van der Waals surface area contributed by atoms with Crippen LogP contribution in [0.5, 0.6) is 0 Å². The van der Waals surface area contributed by atoms with Gasteiger partial charge in [0.15, 0.2) is 0 Å². The van der Waals surface area contributed by atoms with Crippen molar-refractivity contribution in [3.05, 3.63) is 69.7 Å². The van der Waals surface area contributed by atoms with Crippen LogP contribution >= 0.6 is 23.2 Å². The number of carbonyl (C=O) groups excluding carboxylic acids is 1. The van der Waals surface area contributed by atoms with E-state index in [2.05, 4.69) is 5.32 Å². The van der Waals surface area contributed by atoms with Crippen LogP contribution in [0.3, 0.4) is 0 Å². The van der Waals surface area contributed by atoms with E-state index in [4.69, 9.17) is 23.2 Å². The van der Waals surface area contributed by atoms with Crippen molar-refractivity contribution in [1.82, 2.24) is 5.32 Å². The summed E-state index contributed by atoms with van der Waals surface area (Å²) in [6.07, 6.45) is 3.03. The number of hydrogen-bond acceptors (Lipinski definition) is 2. The molecule has 1 aliphatic carbocycles. The Morgan fingerprint density at radius 2 is 1.17 bits per heavy atom. The summed E-state index contributed by atoms with van der Waals surface area (Å²) < 4.78 is 0. The van der Waals surface area contributed by atoms with Gasteiger partial charge in [-0.05, 0) is 48.2 Å². The third-order valence-electron chi connectivity index (χ3n) is 5.38. The molecule has 2 fully saturated rings. The first-order valence-corrected chi connectivity index (χ1v) is 9.20. The molecule has 2 aliphatic rings. The molecule has 1 saturated heterocycles. The largest absolute Gasteiger partial charge is 0.302 e. The van der Waals surface area contributed by atoms with E-state index in [9.17, 15) is 4.79 Å². The van der Waals surface area contributed by atoms with Gasteiger partial charge in [-0.1, -0.05) is 53.9 Å². The van der Waals surface area contributed by atoms with Crippen LogP contribution in [0.25, 0.3) is 0 Å². The van der Waals surface area contributed by atoms with E-state index >= 15 is 0 Å². The van der Waals surface area contributed by atoms with Crippen molar-refractivity contribution in [1.29, 1.82) is 0 Å². The maximum Gasteiger partial charge on any atom is 0.142 e. The molecule has 2 bridgehead atoms. The predicted molar refractivity (Wildman–Crippen MR) is 97.4 cm³/mol. The number of benzene rings is 2. The monoisotopic (exact) mass is 359 g/mol. The van der Waals surface area contributed by atoms with Crippen molar-refractivity contribution < 1.29 is 4.79 Å². The van der Waals surface area contributed by atoms with Crippen LogP contribution in [0.4, 0.5) is 0 Å². The second-order valence-corrected chi connectivity index (χ2v) is 7.64. The average molecular weight is 360 g/mol. The Kier molecular flexibility index (Phi) is 4.38. The van der Waals surface area contributed by atoms with Gasteiger partial charge in [0.2, 0.25) is 0 Å². The highest BCUT2D eigenvalue weighted by Gasteiger charge is 2.46. The first-order valence-electron chi connectivity index (χ1n) is 8.44. The number of carbonyl (C=O) groups is 1. The number of piperidine rings is 1. The Labute approximate surface area is 152 Å². The van der Waals surface area contributed by atoms with Gasteiger partial charge in [0.25, 0.3) is 0 Å². The Morgan fingerprint density at radius 3 is 1.58 bits per heavy atom. The molecule has 1 aliphatic heterocycles. The molecule has 24 heavy (non-hydrogen) atoms. The molecule has 0 radical (unpaired) electrons. The molecule has 4 heteroatoms. The highest BCUT2D eigenvalue weighted by Crippen LogP contribution is 2.45. The van der Waals surface area contributed by atoms with Gasteiger partial charge in [-0.15, -0.1) is 0 Å². The van der Waals surface area contributed by atoms with Gasteiger partial charge >= 0.3 is 0 Å². The van der Waals surface area contributed by atoms with Crippen molar-refractivity contribution in [3.63, 3.8) is 0 Å². The van der Waals surface area contributed by atoms with Gasteiger partial charge in [-0.25, -0.2) is 0 Å². The van der Waals surface area contributed by atoms with Gasteiger partial charge in [-0.2, -0.15) is 0 Å². The number of nitrogens with one attached hydrogen (secondary N) is 1. The maximum atomic E-state index is 13.0. The summed E-state index contributed by atoms with van der Waals surface area (Å²) >= 11 is 12.0. The first kappa shape index (κ1) is 16.1. The van der Waals surface area contributed by atoms with E-state index in [1.165, 1.54) is 0 Å². The predicted octanol–water partition coefficient (Wildman–Crippen LogP) is 5.36. The third-order valence-corrected chi connectivity index (χ3v) is 5.89. The Hall–Kier alpha value is -1.35. The summed E-state index contributed by atoms with van der Waals surface area (Å²) in [7, 11) is 0. The maximum absolute atomic E-state index is 13.0. The van der Waals surface area contributed by atoms with Crippen LogP contribution in [-0.4, -0.2) is 5.78 Å². The summed E-state index contributed by atoms with van der Waals surface area (Å²) in [6, 6.07) is 15.8. The lowest BCUT2D eigenvalue weighted by Crippen LogP contribution is -2.50. The van der Waals surface area contributed by atoms with Gasteiger partial charge in [0.1, 0.15) is 5.78 Å². The van der Waals surface area contributed by atoms with E-state index in [0.29, 0.717) is 5.78 Å². The number of ketones is 1. The zero-order valence-corrected chi connectivity index (χ0v) is 14.7. The van der Waals surface area contributed by atoms with Crippen molar-refractivity contribution in [2.45, 2.75) is 31.3 Å². The van der Waals surface area contributed by atoms with Crippen LogP contribution in [-0.2, 0) is 4.79 Å². The number of halogens is 2. The van der Waals surface area contributed by atoms with Crippen molar-refractivity contribution in [3.8, 4) is 0 Å². The van der Waals surface area contributed by atoms with Gasteiger partial charge in [0.05, 0.1) is 0 Å². The minimum Gasteiger partial charge on any atom is -0.302 e. The SMILES string of the molecule is O=C1[C@H]2CCC[C@H]1[C@H](c1ccc(Cl)cc1)N[C@@H]2c1ccc(Cl)cc1. The topological polar surface area (TPSA) is 29.1 Å². The third kappa shape index (κ3) is 2.88. The summed E-state index contributed by atoms with van der Waals surface area (Å²) in [6.45, 7) is 0. The molecule has 0 aromatic heterocycles. The van der Waals surface area contributed by atoms with Crippen molar-refractivity contribution in [2.75, 3.05) is 0 Å². The van der Waals surface area contributed by atoms with Crippen molar-refractivity contribution in [2.24, 2.45) is 11.8 Å². The number of hydrogen-bond donors (Lipinski definition) is 1. The van der Waals surface area contributed by atoms with E-state index in [1.54, 1.807) is 0 Å². The molecule has 0 spiro atoms. The highest BCUT2D eigenvalue weighted by molar-refractivity contribution is 6.30. The smallest absolute Gasteiger partial charge is 0.142 e. The molecular weight excluding hydrogens is 341 g/mol. The van der Waals surface area contributed by atoms with E-state index in [1.807, 2.05) is 48.5 Å². The second-order valence-electron chi connectivity index (χ2n) is 6.77.